The molecule has 2 rings (SSSR count). The fraction of sp³-hybridized carbons (Fsp3) is 0.588. The molecule has 3 nitrogen and oxygen atoms in total. The minimum absolute atomic E-state index is 0.115. The van der Waals surface area contributed by atoms with Crippen LogP contribution in [0, 0.1) is 5.92 Å². The van der Waals surface area contributed by atoms with Crippen molar-refractivity contribution in [3.05, 3.63) is 22.2 Å². The molecule has 1 aliphatic rings. The van der Waals surface area contributed by atoms with E-state index in [9.17, 15) is 4.79 Å². The van der Waals surface area contributed by atoms with Crippen LogP contribution in [0.3, 0.4) is 0 Å². The molecule has 0 unspecified atom stereocenters. The summed E-state index contributed by atoms with van der Waals surface area (Å²) in [5, 5.41) is 0. The zero-order chi connectivity index (χ0) is 15.2. The fourth-order valence-corrected chi connectivity index (χ4v) is 3.61. The van der Waals surface area contributed by atoms with Crippen LogP contribution in [-0.4, -0.2) is 20.0 Å². The van der Waals surface area contributed by atoms with Gasteiger partial charge in [-0.2, -0.15) is 0 Å². The summed E-state index contributed by atoms with van der Waals surface area (Å²) in [7, 11) is 3.20. The lowest BCUT2D eigenvalue weighted by Crippen LogP contribution is -2.17. The summed E-state index contributed by atoms with van der Waals surface area (Å²) >= 11 is 3.50. The quantitative estimate of drug-likeness (QED) is 0.713. The van der Waals surface area contributed by atoms with Crippen molar-refractivity contribution >= 4 is 21.7 Å². The van der Waals surface area contributed by atoms with Gasteiger partial charge in [0.15, 0.2) is 5.78 Å². The first kappa shape index (κ1) is 16.3. The summed E-state index contributed by atoms with van der Waals surface area (Å²) in [6.45, 7) is 0. The Morgan fingerprint density at radius 2 is 1.67 bits per heavy atom. The second-order valence-corrected chi connectivity index (χ2v) is 6.45. The van der Waals surface area contributed by atoms with Crippen LogP contribution in [0.2, 0.25) is 0 Å². The van der Waals surface area contributed by atoms with Gasteiger partial charge in [-0.05, 0) is 34.8 Å². The van der Waals surface area contributed by atoms with Crippen LogP contribution in [0.1, 0.15) is 55.3 Å². The van der Waals surface area contributed by atoms with Crippen molar-refractivity contribution in [3.63, 3.8) is 0 Å². The molecule has 0 saturated heterocycles. The monoisotopic (exact) mass is 354 g/mol. The summed E-state index contributed by atoms with van der Waals surface area (Å²) in [6.07, 6.45) is 8.05. The lowest BCUT2D eigenvalue weighted by molar-refractivity contribution is 0.0894. The molecular formula is C17H23BrO3. The highest BCUT2D eigenvalue weighted by molar-refractivity contribution is 9.10. The molecule has 0 aliphatic heterocycles. The van der Waals surface area contributed by atoms with Crippen LogP contribution >= 0.6 is 15.9 Å². The molecule has 0 bridgehead atoms. The lowest BCUT2D eigenvalue weighted by Gasteiger charge is -2.20. The average molecular weight is 355 g/mol. The van der Waals surface area contributed by atoms with Gasteiger partial charge in [-0.25, -0.2) is 0 Å². The van der Waals surface area contributed by atoms with E-state index in [0.29, 0.717) is 17.1 Å². The molecule has 1 aromatic rings. The fourth-order valence-electron chi connectivity index (χ4n) is 3.00. The molecule has 0 spiro atoms. The van der Waals surface area contributed by atoms with Crippen LogP contribution in [0.15, 0.2) is 16.6 Å². The SMILES string of the molecule is COc1cc(Br)c(C(=O)C2CCCCCCC2)c(OC)c1. The standard InChI is InChI=1S/C17H23BrO3/c1-20-13-10-14(18)16(15(11-13)21-2)17(19)12-8-6-4-3-5-7-9-12/h10-12H,3-9H2,1-2H3. The Morgan fingerprint density at radius 3 is 2.24 bits per heavy atom. The molecule has 1 fully saturated rings. The van der Waals surface area contributed by atoms with Gasteiger partial charge in [-0.1, -0.05) is 32.1 Å². The summed E-state index contributed by atoms with van der Waals surface area (Å²) in [4.78, 5) is 12.9. The summed E-state index contributed by atoms with van der Waals surface area (Å²) in [5.74, 6) is 1.59. The normalized spacial score (nSPS) is 16.9. The van der Waals surface area contributed by atoms with Crippen molar-refractivity contribution in [2.75, 3.05) is 14.2 Å². The van der Waals surface area contributed by atoms with Gasteiger partial charge in [0.2, 0.25) is 0 Å². The minimum atomic E-state index is 0.115. The van der Waals surface area contributed by atoms with E-state index < -0.39 is 0 Å². The summed E-state index contributed by atoms with van der Waals surface area (Å²) < 4.78 is 11.4. The Kier molecular flexibility index (Phi) is 6.09. The van der Waals surface area contributed by atoms with E-state index in [1.807, 2.05) is 6.07 Å². The van der Waals surface area contributed by atoms with Gasteiger partial charge in [0, 0.05) is 16.5 Å². The Hall–Kier alpha value is -1.03. The van der Waals surface area contributed by atoms with Crippen molar-refractivity contribution in [1.29, 1.82) is 0 Å². The molecule has 0 radical (unpaired) electrons. The summed E-state index contributed by atoms with van der Waals surface area (Å²) in [6, 6.07) is 3.61. The minimum Gasteiger partial charge on any atom is -0.497 e. The molecular weight excluding hydrogens is 332 g/mol. The first-order chi connectivity index (χ1) is 10.2. The van der Waals surface area contributed by atoms with Gasteiger partial charge in [0.25, 0.3) is 0 Å². The van der Waals surface area contributed by atoms with Gasteiger partial charge in [0.1, 0.15) is 11.5 Å². The van der Waals surface area contributed by atoms with Crippen LogP contribution in [0.5, 0.6) is 11.5 Å². The van der Waals surface area contributed by atoms with Crippen molar-refractivity contribution in [2.45, 2.75) is 44.9 Å². The second-order valence-electron chi connectivity index (χ2n) is 5.59. The molecule has 1 saturated carbocycles. The zero-order valence-corrected chi connectivity index (χ0v) is 14.4. The molecule has 0 atom stereocenters. The zero-order valence-electron chi connectivity index (χ0n) is 12.8. The van der Waals surface area contributed by atoms with Gasteiger partial charge < -0.3 is 9.47 Å². The van der Waals surface area contributed by atoms with Crippen LogP contribution in [-0.2, 0) is 0 Å². The van der Waals surface area contributed by atoms with Crippen molar-refractivity contribution in [3.8, 4) is 11.5 Å². The van der Waals surface area contributed by atoms with Gasteiger partial charge in [-0.3, -0.25) is 4.79 Å². The number of hydrogen-bond acceptors (Lipinski definition) is 3. The van der Waals surface area contributed by atoms with E-state index in [-0.39, 0.29) is 11.7 Å². The highest BCUT2D eigenvalue weighted by Crippen LogP contribution is 2.36. The number of methoxy groups -OCH3 is 2. The van der Waals surface area contributed by atoms with E-state index in [1.165, 1.54) is 19.3 Å². The van der Waals surface area contributed by atoms with Gasteiger partial charge in [-0.15, -0.1) is 0 Å². The van der Waals surface area contributed by atoms with Crippen LogP contribution in [0.25, 0.3) is 0 Å². The number of carbonyl (C=O) groups is 1. The number of Topliss-reactive ketones (excluding diaryl/α,β-unsaturated/α-hetero) is 1. The van der Waals surface area contributed by atoms with E-state index in [4.69, 9.17) is 9.47 Å². The number of benzene rings is 1. The number of halogens is 1. The maximum atomic E-state index is 12.9. The van der Waals surface area contributed by atoms with E-state index in [1.54, 1.807) is 20.3 Å². The molecule has 21 heavy (non-hydrogen) atoms. The molecule has 1 aliphatic carbocycles. The Bertz CT molecular complexity index is 491. The first-order valence-corrected chi connectivity index (χ1v) is 8.42. The Balaban J connectivity index is 2.28. The average Bonchev–Trinajstić information content (AvgIpc) is 2.45. The number of ether oxygens (including phenoxy) is 2. The molecule has 0 amide bonds. The number of ketones is 1. The lowest BCUT2D eigenvalue weighted by atomic mass is 9.85. The smallest absolute Gasteiger partial charge is 0.170 e. The third-order valence-electron chi connectivity index (χ3n) is 4.21. The second kappa shape index (κ2) is 7.83. The van der Waals surface area contributed by atoms with Crippen LogP contribution in [0.4, 0.5) is 0 Å². The maximum absolute atomic E-state index is 12.9. The van der Waals surface area contributed by atoms with E-state index in [2.05, 4.69) is 15.9 Å². The van der Waals surface area contributed by atoms with Gasteiger partial charge in [0.05, 0.1) is 19.8 Å². The predicted octanol–water partition coefficient (Wildman–Crippen LogP) is 5.01. The van der Waals surface area contributed by atoms with Crippen molar-refractivity contribution in [2.24, 2.45) is 5.92 Å². The number of rotatable bonds is 4. The number of carbonyl (C=O) groups excluding carboxylic acids is 1. The molecule has 0 heterocycles. The van der Waals surface area contributed by atoms with Crippen LogP contribution < -0.4 is 9.47 Å². The summed E-state index contributed by atoms with van der Waals surface area (Å²) in [5.41, 5.74) is 0.656. The predicted molar refractivity (Wildman–Crippen MR) is 87.4 cm³/mol. The molecule has 116 valence electrons. The molecule has 1 aromatic carbocycles. The molecule has 0 aromatic heterocycles. The highest BCUT2D eigenvalue weighted by Gasteiger charge is 2.26. The van der Waals surface area contributed by atoms with Crippen molar-refractivity contribution < 1.29 is 14.3 Å². The van der Waals surface area contributed by atoms with Crippen molar-refractivity contribution in [1.82, 2.24) is 0 Å². The highest BCUT2D eigenvalue weighted by atomic mass is 79.9. The van der Waals surface area contributed by atoms with E-state index >= 15 is 0 Å². The van der Waals surface area contributed by atoms with Gasteiger partial charge >= 0.3 is 0 Å². The topological polar surface area (TPSA) is 35.5 Å². The molecule has 4 heteroatoms. The maximum Gasteiger partial charge on any atom is 0.170 e. The Labute approximate surface area is 135 Å². The third kappa shape index (κ3) is 4.00. The molecule has 0 N–H and O–H groups in total. The third-order valence-corrected chi connectivity index (χ3v) is 4.83. The first-order valence-electron chi connectivity index (χ1n) is 7.63. The number of hydrogen-bond donors (Lipinski definition) is 0. The van der Waals surface area contributed by atoms with E-state index in [0.717, 1.165) is 30.2 Å². The Morgan fingerprint density at radius 1 is 1.05 bits per heavy atom. The largest absolute Gasteiger partial charge is 0.497 e.